The third-order valence-corrected chi connectivity index (χ3v) is 17.8. The molecular weight excluding hydrogens is 1100 g/mol. The molecule has 0 saturated heterocycles. The zero-order valence-corrected chi connectivity index (χ0v) is 47.0. The maximum atomic E-state index is 5.11. The summed E-state index contributed by atoms with van der Waals surface area (Å²) in [5, 5.41) is 2.81. The third-order valence-electron chi connectivity index (χ3n) is 13.7. The molecule has 10 rings (SSSR count). The van der Waals surface area contributed by atoms with Gasteiger partial charge in [-0.25, -0.2) is 0 Å². The van der Waals surface area contributed by atoms with Gasteiger partial charge in [-0.3, -0.25) is 0 Å². The van der Waals surface area contributed by atoms with Gasteiger partial charge in [-0.15, -0.1) is 106 Å². The number of pyridine rings is 3. The molecule has 0 atom stereocenters. The summed E-state index contributed by atoms with van der Waals surface area (Å²) in [5.74, 6) is 0. The summed E-state index contributed by atoms with van der Waals surface area (Å²) in [7, 11) is -2.81. The van der Waals surface area contributed by atoms with Gasteiger partial charge in [0.1, 0.15) is 0 Å². The minimum atomic E-state index is -1.40. The Morgan fingerprint density at radius 1 is 0.342 bits per heavy atom. The van der Waals surface area contributed by atoms with Crippen LogP contribution < -0.4 is 10.4 Å². The summed E-state index contributed by atoms with van der Waals surface area (Å²) >= 11 is 0. The molecule has 10 aromatic rings. The number of rotatable bonds is 15. The molecule has 0 unspecified atom stereocenters. The molecule has 0 saturated carbocycles. The van der Waals surface area contributed by atoms with Crippen molar-refractivity contribution in [2.75, 3.05) is 0 Å². The van der Waals surface area contributed by atoms with Gasteiger partial charge in [0.15, 0.2) is 0 Å². The van der Waals surface area contributed by atoms with Gasteiger partial charge in [0.2, 0.25) is 0 Å². The SMILES string of the molecule is C[Si](C)(C)c1c[c-]c(-c2ccc(CCc3cc(CCc4ccc(-c5[c-]cc([Si](C)(C)C)cc5)nc4)cc(-c4ccccc4-c4cnc(-c5[c-]cccc5)cc4-c4ccc(-c5ccccc5)cc4)c3)cn2)cc1.[Ir+3]. The van der Waals surface area contributed by atoms with Gasteiger partial charge < -0.3 is 15.0 Å². The van der Waals surface area contributed by atoms with Gasteiger partial charge in [0.05, 0.1) is 0 Å². The van der Waals surface area contributed by atoms with E-state index in [9.17, 15) is 0 Å². The fourth-order valence-corrected chi connectivity index (χ4v) is 11.6. The van der Waals surface area contributed by atoms with Crippen LogP contribution in [0, 0.1) is 18.2 Å². The Hall–Kier alpha value is -6.93. The molecule has 7 aromatic carbocycles. The van der Waals surface area contributed by atoms with E-state index in [4.69, 9.17) is 15.0 Å². The number of aromatic nitrogens is 3. The Balaban J connectivity index is 0.00000656. The third kappa shape index (κ3) is 12.3. The monoisotopic (exact) mass is 1160 g/mol. The van der Waals surface area contributed by atoms with Crippen molar-refractivity contribution >= 4 is 26.5 Å². The first-order valence-electron chi connectivity index (χ1n) is 25.2. The van der Waals surface area contributed by atoms with E-state index >= 15 is 0 Å². The minimum Gasteiger partial charge on any atom is -0.304 e. The van der Waals surface area contributed by atoms with Crippen molar-refractivity contribution in [1.29, 1.82) is 0 Å². The molecule has 360 valence electrons. The largest absolute Gasteiger partial charge is 3.00 e. The molecule has 0 amide bonds. The number of nitrogens with zero attached hydrogens (tertiary/aromatic N) is 3. The van der Waals surface area contributed by atoms with Crippen LogP contribution in [0.1, 0.15) is 22.3 Å². The van der Waals surface area contributed by atoms with Crippen molar-refractivity contribution in [3.63, 3.8) is 0 Å². The number of hydrogen-bond acceptors (Lipinski definition) is 3. The second kappa shape index (κ2) is 22.5. The van der Waals surface area contributed by atoms with E-state index in [0.29, 0.717) is 0 Å². The van der Waals surface area contributed by atoms with Crippen LogP contribution in [-0.4, -0.2) is 31.1 Å². The van der Waals surface area contributed by atoms with E-state index in [1.165, 1.54) is 54.9 Å². The molecule has 73 heavy (non-hydrogen) atoms. The zero-order chi connectivity index (χ0) is 49.7. The zero-order valence-electron chi connectivity index (χ0n) is 42.6. The summed E-state index contributed by atoms with van der Waals surface area (Å²) in [6.07, 6.45) is 9.67. The van der Waals surface area contributed by atoms with Crippen LogP contribution in [0.2, 0.25) is 39.3 Å². The smallest absolute Gasteiger partial charge is 0.304 e. The maximum Gasteiger partial charge on any atom is 3.00 e. The van der Waals surface area contributed by atoms with Crippen LogP contribution in [0.15, 0.2) is 207 Å². The molecular formula is C67H60IrN3Si2. The minimum absolute atomic E-state index is 0. The average molecular weight is 1160 g/mol. The van der Waals surface area contributed by atoms with Crippen molar-refractivity contribution in [1.82, 2.24) is 15.0 Å². The molecule has 0 radical (unpaired) electrons. The fraction of sp³-hybridized carbons (Fsp3) is 0.149. The average Bonchev–Trinajstić information content (AvgIpc) is 3.42. The van der Waals surface area contributed by atoms with Gasteiger partial charge in [-0.2, -0.15) is 0 Å². The topological polar surface area (TPSA) is 38.7 Å². The summed E-state index contributed by atoms with van der Waals surface area (Å²) < 4.78 is 0. The van der Waals surface area contributed by atoms with Crippen molar-refractivity contribution < 1.29 is 20.1 Å². The van der Waals surface area contributed by atoms with E-state index in [0.717, 1.165) is 81.7 Å². The predicted molar refractivity (Wildman–Crippen MR) is 308 cm³/mol. The molecule has 0 aliphatic carbocycles. The van der Waals surface area contributed by atoms with Crippen molar-refractivity contribution in [2.45, 2.75) is 65.0 Å². The normalized spacial score (nSPS) is 11.5. The fourth-order valence-electron chi connectivity index (χ4n) is 9.40. The van der Waals surface area contributed by atoms with Crippen molar-refractivity contribution in [3.05, 3.63) is 247 Å². The quantitative estimate of drug-likeness (QED) is 0.0758. The Labute approximate surface area is 448 Å². The molecule has 3 nitrogen and oxygen atoms in total. The molecule has 0 spiro atoms. The predicted octanol–water partition coefficient (Wildman–Crippen LogP) is 15.6. The molecule has 3 heterocycles. The molecule has 0 aliphatic rings. The molecule has 0 fully saturated rings. The van der Waals surface area contributed by atoms with E-state index in [-0.39, 0.29) is 20.1 Å². The summed E-state index contributed by atoms with van der Waals surface area (Å²) in [6.45, 7) is 14.2. The van der Waals surface area contributed by atoms with Gasteiger partial charge in [-0.1, -0.05) is 167 Å². The Kier molecular flexibility index (Phi) is 15.7. The second-order valence-electron chi connectivity index (χ2n) is 21.0. The first-order chi connectivity index (χ1) is 34.9. The van der Waals surface area contributed by atoms with Gasteiger partial charge in [-0.05, 0) is 104 Å². The van der Waals surface area contributed by atoms with E-state index in [1.807, 2.05) is 30.6 Å². The summed E-state index contributed by atoms with van der Waals surface area (Å²) in [6, 6.07) is 78.3. The molecule has 0 bridgehead atoms. The van der Waals surface area contributed by atoms with Crippen LogP contribution in [0.5, 0.6) is 0 Å². The van der Waals surface area contributed by atoms with Crippen LogP contribution in [0.3, 0.4) is 0 Å². The van der Waals surface area contributed by atoms with Crippen LogP contribution in [-0.2, 0) is 45.8 Å². The van der Waals surface area contributed by atoms with Gasteiger partial charge >= 0.3 is 20.1 Å². The van der Waals surface area contributed by atoms with E-state index in [2.05, 4.69) is 234 Å². The van der Waals surface area contributed by atoms with Crippen LogP contribution in [0.4, 0.5) is 0 Å². The van der Waals surface area contributed by atoms with Crippen LogP contribution in [0.25, 0.3) is 78.3 Å². The van der Waals surface area contributed by atoms with Gasteiger partial charge in [0.25, 0.3) is 0 Å². The Bertz CT molecular complexity index is 3290. The molecule has 6 heteroatoms. The Morgan fingerprint density at radius 3 is 1.34 bits per heavy atom. The Morgan fingerprint density at radius 2 is 0.836 bits per heavy atom. The summed E-state index contributed by atoms with van der Waals surface area (Å²) in [4.78, 5) is 15.0. The standard InChI is InChI=1S/C67H60N3Si2.Ir/c1-71(2,3)59-35-31-56(32-36-59)65-39-25-48(45-68-65)21-23-50-41-51(24-22-49-26-40-66(69-46-49)57-33-37-60(38-34-57)72(4,5)6)43-58(42-50)61-19-13-14-20-62(61)64-47-70-67(55-17-11-8-12-18-55)44-63(64)54-29-27-53(28-30-54)52-15-9-7-10-16-52;/h7-17,19-20,25-31,33,35-47H,21-24H2,1-6H3;/q-3;+3. The number of aryl methyl sites for hydroxylation is 4. The molecule has 0 N–H and O–H groups in total. The van der Waals surface area contributed by atoms with Crippen molar-refractivity contribution in [3.8, 4) is 78.3 Å². The first-order valence-corrected chi connectivity index (χ1v) is 32.2. The van der Waals surface area contributed by atoms with Crippen LogP contribution >= 0.6 is 0 Å². The number of benzene rings is 7. The maximum absolute atomic E-state index is 5.11. The molecule has 3 aromatic heterocycles. The molecule has 0 aliphatic heterocycles. The number of hydrogen-bond donors (Lipinski definition) is 0. The second-order valence-corrected chi connectivity index (χ2v) is 31.2. The first kappa shape index (κ1) is 51.0. The van der Waals surface area contributed by atoms with Gasteiger partial charge in [0, 0.05) is 40.3 Å². The van der Waals surface area contributed by atoms with E-state index < -0.39 is 16.1 Å². The van der Waals surface area contributed by atoms with Crippen molar-refractivity contribution in [2.24, 2.45) is 0 Å². The van der Waals surface area contributed by atoms with E-state index in [1.54, 1.807) is 0 Å². The summed E-state index contributed by atoms with van der Waals surface area (Å²) in [5.41, 5.74) is 20.1.